The smallest absolute Gasteiger partial charge is 0.329 e. The number of rotatable bonds is 5. The summed E-state index contributed by atoms with van der Waals surface area (Å²) in [7, 11) is 3.11. The number of carbonyl (C=O) groups is 1. The van der Waals surface area contributed by atoms with Crippen LogP contribution in [0.15, 0.2) is 39.9 Å². The highest BCUT2D eigenvalue weighted by Crippen LogP contribution is 2.20. The maximum absolute atomic E-state index is 13.7. The molecular formula is C22H21FN6O3S. The van der Waals surface area contributed by atoms with Gasteiger partial charge in [0.1, 0.15) is 17.2 Å². The van der Waals surface area contributed by atoms with Gasteiger partial charge in [-0.25, -0.2) is 9.78 Å². The van der Waals surface area contributed by atoms with Gasteiger partial charge >= 0.3 is 5.69 Å². The fraction of sp³-hybridized carbons (Fsp3) is 0.182. The quantitative estimate of drug-likeness (QED) is 0.328. The van der Waals surface area contributed by atoms with Gasteiger partial charge in [0, 0.05) is 19.7 Å². The highest BCUT2D eigenvalue weighted by atomic mass is 32.1. The van der Waals surface area contributed by atoms with E-state index < -0.39 is 23.0 Å². The summed E-state index contributed by atoms with van der Waals surface area (Å²) in [6, 6.07) is 8.98. The Morgan fingerprint density at radius 1 is 1.27 bits per heavy atom. The lowest BCUT2D eigenvalue weighted by Gasteiger charge is -2.20. The molecule has 1 aromatic carbocycles. The van der Waals surface area contributed by atoms with Crippen LogP contribution in [0.1, 0.15) is 32.7 Å². The topological polar surface area (TPSA) is 138 Å². The molecule has 0 saturated carbocycles. The van der Waals surface area contributed by atoms with Gasteiger partial charge in [-0.1, -0.05) is 12.2 Å². The molecule has 0 saturated heterocycles. The predicted octanol–water partition coefficient (Wildman–Crippen LogP) is 1.79. The number of hydrogen-bond donors (Lipinski definition) is 2. The van der Waals surface area contributed by atoms with Gasteiger partial charge in [-0.3, -0.25) is 19.1 Å². The Kier molecular flexibility index (Phi) is 7.93. The van der Waals surface area contributed by atoms with E-state index >= 15 is 0 Å². The molecule has 170 valence electrons. The van der Waals surface area contributed by atoms with Crippen LogP contribution >= 0.6 is 12.2 Å². The number of aryl methyl sites for hydroxylation is 1. The van der Waals surface area contributed by atoms with Crippen LogP contribution in [0.2, 0.25) is 0 Å². The monoisotopic (exact) mass is 468 g/mol. The van der Waals surface area contributed by atoms with Crippen molar-refractivity contribution in [2.75, 3.05) is 24.7 Å². The summed E-state index contributed by atoms with van der Waals surface area (Å²) >= 11 is 3.83. The highest BCUT2D eigenvalue weighted by molar-refractivity contribution is 7.77. The van der Waals surface area contributed by atoms with Crippen LogP contribution in [0.25, 0.3) is 0 Å². The van der Waals surface area contributed by atoms with Crippen molar-refractivity contribution in [1.29, 1.82) is 5.26 Å². The number of nitrogens with two attached hydrogens (primary N) is 1. The molecule has 33 heavy (non-hydrogen) atoms. The third-order valence-electron chi connectivity index (χ3n) is 4.52. The zero-order valence-electron chi connectivity index (χ0n) is 18.2. The molecule has 0 unspecified atom stereocenters. The van der Waals surface area contributed by atoms with Crippen molar-refractivity contribution in [3.63, 3.8) is 0 Å². The minimum atomic E-state index is -0.845. The Morgan fingerprint density at radius 2 is 1.94 bits per heavy atom. The molecule has 0 aliphatic carbocycles. The fourth-order valence-corrected chi connectivity index (χ4v) is 3.32. The number of nitrogens with one attached hydrogen (secondary N) is 1. The van der Waals surface area contributed by atoms with Gasteiger partial charge in [-0.2, -0.15) is 9.65 Å². The average Bonchev–Trinajstić information content (AvgIpc) is 2.74. The van der Waals surface area contributed by atoms with Gasteiger partial charge in [-0.05, 0) is 54.3 Å². The third-order valence-corrected chi connectivity index (χ3v) is 4.52. The minimum absolute atomic E-state index is 0.0490. The minimum Gasteiger partial charge on any atom is -0.384 e. The van der Waals surface area contributed by atoms with Gasteiger partial charge < -0.3 is 10.6 Å². The number of H-pyrrole nitrogens is 1. The molecule has 0 bridgehead atoms. The van der Waals surface area contributed by atoms with Crippen LogP contribution < -0.4 is 21.9 Å². The van der Waals surface area contributed by atoms with Gasteiger partial charge in [0.05, 0.1) is 18.2 Å². The normalized spacial score (nSPS) is 10.0. The molecule has 0 radical (unpaired) electrons. The summed E-state index contributed by atoms with van der Waals surface area (Å²) in [5.41, 5.74) is 5.10. The second-order valence-electron chi connectivity index (χ2n) is 7.19. The van der Waals surface area contributed by atoms with Crippen LogP contribution in [0.5, 0.6) is 0 Å². The number of aromatic nitrogens is 3. The van der Waals surface area contributed by atoms with E-state index in [1.165, 1.54) is 17.0 Å². The fourth-order valence-electron chi connectivity index (χ4n) is 3.32. The molecular weight excluding hydrogens is 447 g/mol. The molecule has 2 aromatic heterocycles. The van der Waals surface area contributed by atoms with Crippen molar-refractivity contribution in [2.24, 2.45) is 0 Å². The van der Waals surface area contributed by atoms with Crippen LogP contribution in [0.3, 0.4) is 0 Å². The molecule has 11 heteroatoms. The summed E-state index contributed by atoms with van der Waals surface area (Å²) in [4.78, 5) is 45.7. The number of pyridine rings is 1. The van der Waals surface area contributed by atoms with Gasteiger partial charge in [0.25, 0.3) is 5.56 Å². The number of hydrogen-bond acceptors (Lipinski definition) is 8. The van der Waals surface area contributed by atoms with E-state index in [1.807, 2.05) is 6.07 Å². The van der Waals surface area contributed by atoms with Gasteiger partial charge in [0.2, 0.25) is 11.7 Å². The largest absolute Gasteiger partial charge is 0.384 e. The number of halogens is 1. The maximum atomic E-state index is 13.7. The first-order valence-electron chi connectivity index (χ1n) is 9.42. The summed E-state index contributed by atoms with van der Waals surface area (Å²) in [5, 5.41) is 9.24. The maximum Gasteiger partial charge on any atom is 0.329 e. The Balaban J connectivity index is 0.00000187. The first kappa shape index (κ1) is 25.1. The lowest BCUT2D eigenvalue weighted by atomic mass is 10.0. The average molecular weight is 469 g/mol. The first-order chi connectivity index (χ1) is 15.6. The molecule has 0 spiro atoms. The Bertz CT molecular complexity index is 1350. The van der Waals surface area contributed by atoms with Crippen molar-refractivity contribution < 1.29 is 9.18 Å². The van der Waals surface area contributed by atoms with Crippen LogP contribution in [-0.4, -0.2) is 40.3 Å². The standard InChI is InChI=1S/C21H19FN6O3.CH2S/c1-11-4-12(9-23)6-14(5-11)19(29)17-18(27(2)3)20(30)26-21(31)28(17)10-13-7-15(22)25-16(24)8-13;1-2/h4-8H,10H2,1-3H3,(H2,24,25)(H,26,30,31);1H2. The molecule has 0 aliphatic rings. The number of nitrogens with zero attached hydrogens (tertiary/aromatic N) is 4. The second-order valence-corrected chi connectivity index (χ2v) is 7.19. The summed E-state index contributed by atoms with van der Waals surface area (Å²) < 4.78 is 14.8. The van der Waals surface area contributed by atoms with Crippen molar-refractivity contribution in [1.82, 2.24) is 14.5 Å². The molecule has 0 aliphatic heterocycles. The van der Waals surface area contributed by atoms with Crippen molar-refractivity contribution in [3.8, 4) is 6.07 Å². The lowest BCUT2D eigenvalue weighted by Crippen LogP contribution is -2.38. The number of carbonyl (C=O) groups excluding carboxylic acids is 1. The van der Waals surface area contributed by atoms with Crippen LogP contribution in [0, 0.1) is 24.2 Å². The summed E-state index contributed by atoms with van der Waals surface area (Å²) in [5.74, 6) is 1.27. The van der Waals surface area contributed by atoms with Crippen LogP contribution in [-0.2, 0) is 6.54 Å². The molecule has 0 atom stereocenters. The SMILES string of the molecule is C=S.Cc1cc(C#N)cc(C(=O)c2c(N(C)C)c(=O)[nH]c(=O)n2Cc2cc(N)nc(F)c2)c1. The third kappa shape index (κ3) is 5.55. The number of benzene rings is 1. The lowest BCUT2D eigenvalue weighted by molar-refractivity contribution is 0.102. The Morgan fingerprint density at radius 3 is 2.52 bits per heavy atom. The van der Waals surface area contributed by atoms with Crippen molar-refractivity contribution in [3.05, 3.63) is 85.1 Å². The number of nitrogen functional groups attached to an aromatic ring is 1. The van der Waals surface area contributed by atoms with E-state index in [2.05, 4.69) is 28.1 Å². The molecule has 3 N–H and O–H groups in total. The van der Waals surface area contributed by atoms with Gasteiger partial charge in [-0.15, -0.1) is 0 Å². The molecule has 0 fully saturated rings. The van der Waals surface area contributed by atoms with Crippen molar-refractivity contribution >= 4 is 35.4 Å². The van der Waals surface area contributed by atoms with E-state index in [1.54, 1.807) is 33.2 Å². The number of nitriles is 1. The number of anilines is 2. The van der Waals surface area contributed by atoms with E-state index in [0.717, 1.165) is 10.6 Å². The summed E-state index contributed by atoms with van der Waals surface area (Å²) in [6.07, 6.45) is 0. The Labute approximate surface area is 193 Å². The van der Waals surface area contributed by atoms with E-state index in [9.17, 15) is 24.0 Å². The number of thiocarbonyl (C=S) groups is 1. The van der Waals surface area contributed by atoms with Crippen LogP contribution in [0.4, 0.5) is 15.9 Å². The first-order valence-corrected chi connectivity index (χ1v) is 10.00. The summed E-state index contributed by atoms with van der Waals surface area (Å²) in [6.45, 7) is 1.48. The molecule has 3 rings (SSSR count). The predicted molar refractivity (Wildman–Crippen MR) is 127 cm³/mol. The molecule has 3 aromatic rings. The van der Waals surface area contributed by atoms with Crippen molar-refractivity contribution in [2.45, 2.75) is 13.5 Å². The van der Waals surface area contributed by atoms with E-state index in [0.29, 0.717) is 5.56 Å². The molecule has 2 heterocycles. The van der Waals surface area contributed by atoms with E-state index in [-0.39, 0.29) is 40.4 Å². The molecule has 9 nitrogen and oxygen atoms in total. The number of ketones is 1. The molecule has 0 amide bonds. The number of aromatic amines is 1. The van der Waals surface area contributed by atoms with Gasteiger partial charge in [0.15, 0.2) is 0 Å². The zero-order valence-corrected chi connectivity index (χ0v) is 19.0. The van der Waals surface area contributed by atoms with E-state index in [4.69, 9.17) is 5.73 Å². The Hall–Kier alpha value is -4.17. The second kappa shape index (κ2) is 10.4. The zero-order chi connectivity index (χ0) is 24.9. The highest BCUT2D eigenvalue weighted by Gasteiger charge is 2.25.